The van der Waals surface area contributed by atoms with E-state index in [0.29, 0.717) is 5.89 Å². The number of rotatable bonds is 6. The zero-order valence-electron chi connectivity index (χ0n) is 27.6. The van der Waals surface area contributed by atoms with Gasteiger partial charge in [0.05, 0.1) is 11.0 Å². The standard InChI is InChI=1S/C47H31N3O/c1-4-12-32(13-5-1)33-20-24-37(25-21-33)49(38-26-22-34-23-29-43-46(42(34)30-38)51-47(48-43)35-14-6-2-7-15-35)39-27-28-41-40-18-10-11-19-44(40)50(45(41)31-39)36-16-8-3-9-17-36/h1-31H. The lowest BCUT2D eigenvalue weighted by Gasteiger charge is -2.26. The van der Waals surface area contributed by atoms with Gasteiger partial charge in [-0.15, -0.1) is 0 Å². The Bertz CT molecular complexity index is 2840. The lowest BCUT2D eigenvalue weighted by Crippen LogP contribution is -2.10. The van der Waals surface area contributed by atoms with Crippen LogP contribution in [0.1, 0.15) is 0 Å². The van der Waals surface area contributed by atoms with E-state index in [2.05, 4.69) is 161 Å². The topological polar surface area (TPSA) is 34.2 Å². The maximum absolute atomic E-state index is 6.50. The van der Waals surface area contributed by atoms with Gasteiger partial charge >= 0.3 is 0 Å². The van der Waals surface area contributed by atoms with Crippen molar-refractivity contribution in [1.29, 1.82) is 0 Å². The molecule has 0 radical (unpaired) electrons. The summed E-state index contributed by atoms with van der Waals surface area (Å²) in [6, 6.07) is 66.3. The van der Waals surface area contributed by atoms with Crippen LogP contribution in [0.5, 0.6) is 0 Å². The summed E-state index contributed by atoms with van der Waals surface area (Å²) in [5.41, 5.74) is 11.6. The van der Waals surface area contributed by atoms with Crippen LogP contribution in [-0.4, -0.2) is 9.55 Å². The third kappa shape index (κ3) is 4.96. The highest BCUT2D eigenvalue weighted by Crippen LogP contribution is 2.42. The third-order valence-corrected chi connectivity index (χ3v) is 9.80. The maximum Gasteiger partial charge on any atom is 0.227 e. The van der Waals surface area contributed by atoms with Gasteiger partial charge in [-0.2, -0.15) is 0 Å². The van der Waals surface area contributed by atoms with E-state index in [1.807, 2.05) is 36.4 Å². The van der Waals surface area contributed by atoms with Crippen molar-refractivity contribution in [3.8, 4) is 28.3 Å². The zero-order chi connectivity index (χ0) is 33.7. The van der Waals surface area contributed by atoms with Crippen molar-refractivity contribution in [3.63, 3.8) is 0 Å². The van der Waals surface area contributed by atoms with E-state index >= 15 is 0 Å². The van der Waals surface area contributed by atoms with Gasteiger partial charge in [0.1, 0.15) is 5.52 Å². The van der Waals surface area contributed by atoms with Crippen LogP contribution in [0, 0.1) is 0 Å². The Morgan fingerprint density at radius 2 is 1.02 bits per heavy atom. The van der Waals surface area contributed by atoms with Crippen LogP contribution in [0.15, 0.2) is 192 Å². The van der Waals surface area contributed by atoms with Crippen molar-refractivity contribution < 1.29 is 4.42 Å². The second-order valence-electron chi connectivity index (χ2n) is 12.8. The quantitative estimate of drug-likeness (QED) is 0.179. The van der Waals surface area contributed by atoms with Crippen molar-refractivity contribution in [2.24, 2.45) is 0 Å². The van der Waals surface area contributed by atoms with Crippen LogP contribution in [0.4, 0.5) is 17.1 Å². The van der Waals surface area contributed by atoms with E-state index in [-0.39, 0.29) is 0 Å². The van der Waals surface area contributed by atoms with Crippen molar-refractivity contribution >= 4 is 60.7 Å². The normalized spacial score (nSPS) is 11.5. The number of nitrogens with zero attached hydrogens (tertiary/aromatic N) is 3. The summed E-state index contributed by atoms with van der Waals surface area (Å²) < 4.78 is 8.87. The summed E-state index contributed by atoms with van der Waals surface area (Å²) in [6.07, 6.45) is 0. The number of benzene rings is 8. The first-order valence-corrected chi connectivity index (χ1v) is 17.2. The largest absolute Gasteiger partial charge is 0.435 e. The molecule has 0 saturated heterocycles. The molecule has 2 heterocycles. The van der Waals surface area contributed by atoms with Gasteiger partial charge < -0.3 is 13.9 Å². The summed E-state index contributed by atoms with van der Waals surface area (Å²) >= 11 is 0. The summed E-state index contributed by atoms with van der Waals surface area (Å²) in [5.74, 6) is 0.621. The molecule has 0 N–H and O–H groups in total. The third-order valence-electron chi connectivity index (χ3n) is 9.80. The van der Waals surface area contributed by atoms with Crippen LogP contribution in [0.2, 0.25) is 0 Å². The molecule has 0 aliphatic rings. The Hall–Kier alpha value is -6.91. The fourth-order valence-electron chi connectivity index (χ4n) is 7.37. The number of oxazole rings is 1. The number of hydrogen-bond acceptors (Lipinski definition) is 3. The summed E-state index contributed by atoms with van der Waals surface area (Å²) in [7, 11) is 0. The van der Waals surface area contributed by atoms with E-state index in [0.717, 1.165) is 55.7 Å². The molecule has 240 valence electrons. The highest BCUT2D eigenvalue weighted by atomic mass is 16.3. The number of aromatic nitrogens is 2. The number of para-hydroxylation sites is 2. The van der Waals surface area contributed by atoms with E-state index in [1.165, 1.54) is 27.4 Å². The minimum Gasteiger partial charge on any atom is -0.435 e. The average molecular weight is 654 g/mol. The molecule has 0 aliphatic carbocycles. The predicted octanol–water partition coefficient (Wildman–Crippen LogP) is 12.9. The van der Waals surface area contributed by atoms with Gasteiger partial charge in [-0.3, -0.25) is 0 Å². The Morgan fingerprint density at radius 3 is 1.80 bits per heavy atom. The fraction of sp³-hybridized carbons (Fsp3) is 0. The smallest absolute Gasteiger partial charge is 0.227 e. The molecule has 8 aromatic carbocycles. The number of fused-ring (bicyclic) bond motifs is 6. The lowest BCUT2D eigenvalue weighted by atomic mass is 10.0. The molecule has 0 aliphatic heterocycles. The predicted molar refractivity (Wildman–Crippen MR) is 211 cm³/mol. The molecule has 10 rings (SSSR count). The number of anilines is 3. The van der Waals surface area contributed by atoms with Gasteiger partial charge in [0.15, 0.2) is 5.58 Å². The lowest BCUT2D eigenvalue weighted by molar-refractivity contribution is 0.623. The number of hydrogen-bond donors (Lipinski definition) is 0. The molecule has 0 amide bonds. The minimum absolute atomic E-state index is 0.621. The molecule has 51 heavy (non-hydrogen) atoms. The van der Waals surface area contributed by atoms with Crippen LogP contribution >= 0.6 is 0 Å². The van der Waals surface area contributed by atoms with Crippen molar-refractivity contribution in [3.05, 3.63) is 188 Å². The van der Waals surface area contributed by atoms with Crippen molar-refractivity contribution in [1.82, 2.24) is 9.55 Å². The monoisotopic (exact) mass is 653 g/mol. The van der Waals surface area contributed by atoms with Crippen molar-refractivity contribution in [2.75, 3.05) is 4.90 Å². The molecule has 4 heteroatoms. The molecule has 10 aromatic rings. The second kappa shape index (κ2) is 11.9. The molecule has 0 saturated carbocycles. The maximum atomic E-state index is 6.50. The first-order chi connectivity index (χ1) is 25.3. The highest BCUT2D eigenvalue weighted by molar-refractivity contribution is 6.11. The molecule has 0 bridgehead atoms. The van der Waals surface area contributed by atoms with Gasteiger partial charge in [-0.05, 0) is 89.3 Å². The molecular formula is C47H31N3O. The molecule has 0 fully saturated rings. The van der Waals surface area contributed by atoms with Crippen LogP contribution in [0.25, 0.3) is 71.9 Å². The van der Waals surface area contributed by atoms with Crippen molar-refractivity contribution in [2.45, 2.75) is 0 Å². The summed E-state index contributed by atoms with van der Waals surface area (Å²) in [6.45, 7) is 0. The van der Waals surface area contributed by atoms with Crippen LogP contribution < -0.4 is 4.90 Å². The highest BCUT2D eigenvalue weighted by Gasteiger charge is 2.19. The first kappa shape index (κ1) is 29.0. The Balaban J connectivity index is 1.19. The first-order valence-electron chi connectivity index (χ1n) is 17.2. The van der Waals surface area contributed by atoms with Gasteiger partial charge in [-0.25, -0.2) is 4.98 Å². The van der Waals surface area contributed by atoms with Gasteiger partial charge in [0.25, 0.3) is 0 Å². The van der Waals surface area contributed by atoms with Gasteiger partial charge in [0.2, 0.25) is 5.89 Å². The Morgan fingerprint density at radius 1 is 0.431 bits per heavy atom. The zero-order valence-corrected chi connectivity index (χ0v) is 27.6. The molecule has 0 atom stereocenters. The van der Waals surface area contributed by atoms with E-state index < -0.39 is 0 Å². The van der Waals surface area contributed by atoms with E-state index in [4.69, 9.17) is 9.40 Å². The van der Waals surface area contributed by atoms with E-state index in [1.54, 1.807) is 0 Å². The van der Waals surface area contributed by atoms with Gasteiger partial charge in [-0.1, -0.05) is 115 Å². The second-order valence-corrected chi connectivity index (χ2v) is 12.8. The molecule has 2 aromatic heterocycles. The molecule has 4 nitrogen and oxygen atoms in total. The molecular weight excluding hydrogens is 623 g/mol. The van der Waals surface area contributed by atoms with E-state index in [9.17, 15) is 0 Å². The van der Waals surface area contributed by atoms with Crippen LogP contribution in [0.3, 0.4) is 0 Å². The fourth-order valence-corrected chi connectivity index (χ4v) is 7.37. The molecule has 0 unspecified atom stereocenters. The molecule has 0 spiro atoms. The minimum atomic E-state index is 0.621. The van der Waals surface area contributed by atoms with Crippen LogP contribution in [-0.2, 0) is 0 Å². The Labute approximate surface area is 295 Å². The SMILES string of the molecule is c1ccc(-c2ccc(N(c3ccc4ccc5nc(-c6ccccc6)oc5c4c3)c3ccc4c5ccccc5n(-c5ccccc5)c4c3)cc2)cc1. The average Bonchev–Trinajstić information content (AvgIpc) is 3.79. The summed E-state index contributed by atoms with van der Waals surface area (Å²) in [4.78, 5) is 7.21. The Kier molecular flexibility index (Phi) is 6.78. The summed E-state index contributed by atoms with van der Waals surface area (Å²) in [5, 5.41) is 4.56. The van der Waals surface area contributed by atoms with Gasteiger partial charge in [0, 0.05) is 44.5 Å².